The van der Waals surface area contributed by atoms with E-state index in [0.29, 0.717) is 18.4 Å². The normalized spacial score (nSPS) is 27.0. The number of allylic oxidation sites excluding steroid dienone is 1. The van der Waals surface area contributed by atoms with Crippen molar-refractivity contribution in [3.63, 3.8) is 0 Å². The molecule has 0 saturated heterocycles. The molecule has 14 heavy (non-hydrogen) atoms. The molecule has 80 valence electrons. The minimum absolute atomic E-state index is 0.160. The lowest BCUT2D eigenvalue weighted by Gasteiger charge is -2.28. The molecule has 0 spiro atoms. The highest BCUT2D eigenvalue weighted by Gasteiger charge is 2.21. The summed E-state index contributed by atoms with van der Waals surface area (Å²) in [5.41, 5.74) is 1.30. The van der Waals surface area contributed by atoms with Gasteiger partial charge in [0.25, 0.3) is 0 Å². The number of ether oxygens (including phenoxy) is 1. The number of carbonyl (C=O) groups excluding carboxylic acids is 1. The predicted molar refractivity (Wildman–Crippen MR) is 56.9 cm³/mol. The van der Waals surface area contributed by atoms with Crippen molar-refractivity contribution in [2.75, 3.05) is 6.61 Å². The van der Waals surface area contributed by atoms with E-state index in [-0.39, 0.29) is 5.97 Å². The van der Waals surface area contributed by atoms with Crippen molar-refractivity contribution in [1.82, 2.24) is 0 Å². The Kier molecular flexibility index (Phi) is 4.18. The van der Waals surface area contributed by atoms with Crippen LogP contribution in [0.2, 0.25) is 0 Å². The van der Waals surface area contributed by atoms with Crippen LogP contribution in [0.5, 0.6) is 0 Å². The average Bonchev–Trinajstić information content (AvgIpc) is 2.15. The molecular weight excluding hydrogens is 176 g/mol. The van der Waals surface area contributed by atoms with Crippen LogP contribution in [0.25, 0.3) is 0 Å². The molecule has 0 bridgehead atoms. The van der Waals surface area contributed by atoms with Gasteiger partial charge in [0, 0.05) is 6.92 Å². The van der Waals surface area contributed by atoms with Gasteiger partial charge >= 0.3 is 5.97 Å². The third-order valence-electron chi connectivity index (χ3n) is 3.07. The van der Waals surface area contributed by atoms with Gasteiger partial charge in [-0.2, -0.15) is 0 Å². The van der Waals surface area contributed by atoms with Gasteiger partial charge < -0.3 is 4.74 Å². The Hall–Kier alpha value is -0.790. The van der Waals surface area contributed by atoms with Crippen molar-refractivity contribution in [2.45, 2.75) is 39.5 Å². The second kappa shape index (κ2) is 5.18. The first-order valence-corrected chi connectivity index (χ1v) is 5.38. The molecule has 0 radical (unpaired) electrons. The second-order valence-corrected chi connectivity index (χ2v) is 4.37. The molecule has 0 unspecified atom stereocenters. The zero-order chi connectivity index (χ0) is 10.6. The molecule has 1 fully saturated rings. The van der Waals surface area contributed by atoms with Crippen LogP contribution in [0.4, 0.5) is 0 Å². The van der Waals surface area contributed by atoms with Crippen LogP contribution >= 0.6 is 0 Å². The molecule has 0 N–H and O–H groups in total. The van der Waals surface area contributed by atoms with Crippen molar-refractivity contribution < 1.29 is 9.53 Å². The van der Waals surface area contributed by atoms with Crippen molar-refractivity contribution in [2.24, 2.45) is 11.8 Å². The van der Waals surface area contributed by atoms with Crippen molar-refractivity contribution in [1.29, 1.82) is 0 Å². The standard InChI is InChI=1S/C12H20O2/c1-9(2)12-6-4-11(5-7-12)8-14-10(3)13/h11-12H,1,4-8H2,2-3H3/t11-,12+. The molecule has 1 aliphatic carbocycles. The Bertz CT molecular complexity index is 212. The van der Waals surface area contributed by atoms with E-state index in [9.17, 15) is 4.79 Å². The van der Waals surface area contributed by atoms with E-state index in [4.69, 9.17) is 4.74 Å². The molecule has 0 aromatic rings. The van der Waals surface area contributed by atoms with Gasteiger partial charge in [-0.3, -0.25) is 4.79 Å². The Labute approximate surface area is 86.3 Å². The van der Waals surface area contributed by atoms with Gasteiger partial charge in [0.15, 0.2) is 0 Å². The summed E-state index contributed by atoms with van der Waals surface area (Å²) < 4.78 is 5.02. The van der Waals surface area contributed by atoms with E-state index in [1.807, 2.05) is 0 Å². The maximum atomic E-state index is 10.6. The number of hydrogen-bond donors (Lipinski definition) is 0. The molecule has 0 heterocycles. The molecule has 0 aromatic heterocycles. The Morgan fingerprint density at radius 1 is 1.29 bits per heavy atom. The number of hydrogen-bond acceptors (Lipinski definition) is 2. The highest BCUT2D eigenvalue weighted by Crippen LogP contribution is 2.32. The molecule has 0 aliphatic heterocycles. The van der Waals surface area contributed by atoms with Gasteiger partial charge in [0.2, 0.25) is 0 Å². The zero-order valence-electron chi connectivity index (χ0n) is 9.21. The average molecular weight is 196 g/mol. The van der Waals surface area contributed by atoms with Crippen LogP contribution in [0, 0.1) is 11.8 Å². The number of rotatable bonds is 3. The summed E-state index contributed by atoms with van der Waals surface area (Å²) in [6.45, 7) is 8.18. The Morgan fingerprint density at radius 2 is 1.86 bits per heavy atom. The summed E-state index contributed by atoms with van der Waals surface area (Å²) in [6, 6.07) is 0. The lowest BCUT2D eigenvalue weighted by atomic mass is 9.79. The zero-order valence-corrected chi connectivity index (χ0v) is 9.21. The van der Waals surface area contributed by atoms with Crippen molar-refractivity contribution >= 4 is 5.97 Å². The maximum absolute atomic E-state index is 10.6. The number of esters is 1. The van der Waals surface area contributed by atoms with E-state index in [2.05, 4.69) is 13.5 Å². The van der Waals surface area contributed by atoms with E-state index in [1.165, 1.54) is 38.2 Å². The molecular formula is C12H20O2. The minimum Gasteiger partial charge on any atom is -0.466 e. The van der Waals surface area contributed by atoms with Gasteiger partial charge in [0.1, 0.15) is 0 Å². The third-order valence-corrected chi connectivity index (χ3v) is 3.07. The lowest BCUT2D eigenvalue weighted by molar-refractivity contribution is -0.142. The summed E-state index contributed by atoms with van der Waals surface area (Å²) in [4.78, 5) is 10.6. The SMILES string of the molecule is C=C(C)[C@H]1CC[C@@H](COC(C)=O)CC1. The molecule has 2 heteroatoms. The van der Waals surface area contributed by atoms with Crippen LogP contribution in [0.15, 0.2) is 12.2 Å². The highest BCUT2D eigenvalue weighted by molar-refractivity contribution is 5.65. The minimum atomic E-state index is -0.160. The smallest absolute Gasteiger partial charge is 0.302 e. The first-order chi connectivity index (χ1) is 6.59. The maximum Gasteiger partial charge on any atom is 0.302 e. The molecule has 0 aromatic carbocycles. The monoisotopic (exact) mass is 196 g/mol. The largest absolute Gasteiger partial charge is 0.466 e. The summed E-state index contributed by atoms with van der Waals surface area (Å²) in [5.74, 6) is 1.12. The summed E-state index contributed by atoms with van der Waals surface area (Å²) in [6.07, 6.45) is 4.76. The van der Waals surface area contributed by atoms with Crippen LogP contribution in [0.3, 0.4) is 0 Å². The van der Waals surface area contributed by atoms with Crippen molar-refractivity contribution in [3.05, 3.63) is 12.2 Å². The summed E-state index contributed by atoms with van der Waals surface area (Å²) in [5, 5.41) is 0. The number of carbonyl (C=O) groups is 1. The quantitative estimate of drug-likeness (QED) is 0.512. The van der Waals surface area contributed by atoms with Gasteiger partial charge in [-0.15, -0.1) is 0 Å². The molecule has 1 aliphatic rings. The van der Waals surface area contributed by atoms with Gasteiger partial charge in [-0.1, -0.05) is 12.2 Å². The molecule has 0 amide bonds. The Morgan fingerprint density at radius 3 is 2.29 bits per heavy atom. The highest BCUT2D eigenvalue weighted by atomic mass is 16.5. The Balaban J connectivity index is 2.22. The van der Waals surface area contributed by atoms with E-state index >= 15 is 0 Å². The van der Waals surface area contributed by atoms with Crippen LogP contribution < -0.4 is 0 Å². The van der Waals surface area contributed by atoms with E-state index in [0.717, 1.165) is 0 Å². The fraction of sp³-hybridized carbons (Fsp3) is 0.750. The van der Waals surface area contributed by atoms with Crippen molar-refractivity contribution in [3.8, 4) is 0 Å². The fourth-order valence-electron chi connectivity index (χ4n) is 2.06. The van der Waals surface area contributed by atoms with E-state index in [1.54, 1.807) is 0 Å². The summed E-state index contributed by atoms with van der Waals surface area (Å²) in [7, 11) is 0. The van der Waals surface area contributed by atoms with Gasteiger partial charge in [-0.25, -0.2) is 0 Å². The molecule has 0 atom stereocenters. The molecule has 1 rings (SSSR count). The lowest BCUT2D eigenvalue weighted by Crippen LogP contribution is -2.20. The van der Waals surface area contributed by atoms with Gasteiger partial charge in [0.05, 0.1) is 6.61 Å². The first kappa shape index (κ1) is 11.3. The fourth-order valence-corrected chi connectivity index (χ4v) is 2.06. The first-order valence-electron chi connectivity index (χ1n) is 5.38. The second-order valence-electron chi connectivity index (χ2n) is 4.37. The van der Waals surface area contributed by atoms with Gasteiger partial charge in [-0.05, 0) is 44.4 Å². The topological polar surface area (TPSA) is 26.3 Å². The molecule has 2 nitrogen and oxygen atoms in total. The predicted octanol–water partition coefficient (Wildman–Crippen LogP) is 2.93. The van der Waals surface area contributed by atoms with Crippen LogP contribution in [0.1, 0.15) is 39.5 Å². The van der Waals surface area contributed by atoms with Crippen LogP contribution in [-0.4, -0.2) is 12.6 Å². The third kappa shape index (κ3) is 3.52. The molecule has 1 saturated carbocycles. The van der Waals surface area contributed by atoms with E-state index < -0.39 is 0 Å². The van der Waals surface area contributed by atoms with Crippen LogP contribution in [-0.2, 0) is 9.53 Å². The summed E-state index contributed by atoms with van der Waals surface area (Å²) >= 11 is 0.